The van der Waals surface area contributed by atoms with Gasteiger partial charge in [0.05, 0.1) is 0 Å². The Labute approximate surface area is 121 Å². The van der Waals surface area contributed by atoms with Gasteiger partial charge in [-0.15, -0.1) is 0 Å². The van der Waals surface area contributed by atoms with Crippen LogP contribution in [0, 0.1) is 5.92 Å². The van der Waals surface area contributed by atoms with Crippen molar-refractivity contribution in [1.29, 1.82) is 0 Å². The number of benzene rings is 2. The van der Waals surface area contributed by atoms with Gasteiger partial charge in [-0.2, -0.15) is 0 Å². The summed E-state index contributed by atoms with van der Waals surface area (Å²) in [6, 6.07) is 15.3. The molecule has 0 fully saturated rings. The van der Waals surface area contributed by atoms with Crippen LogP contribution in [0.15, 0.2) is 42.5 Å². The molecule has 0 radical (unpaired) electrons. The van der Waals surface area contributed by atoms with Gasteiger partial charge in [0.1, 0.15) is 0 Å². The van der Waals surface area contributed by atoms with Crippen LogP contribution in [0.25, 0.3) is 21.8 Å². The van der Waals surface area contributed by atoms with Crippen LogP contribution in [0.1, 0.15) is 45.1 Å². The molecule has 0 saturated carbocycles. The van der Waals surface area contributed by atoms with Gasteiger partial charge in [0.15, 0.2) is 0 Å². The Hall–Kier alpha value is -1.76. The quantitative estimate of drug-likeness (QED) is 0.608. The minimum absolute atomic E-state index is 0.645. The molecule has 0 saturated heterocycles. The Morgan fingerprint density at radius 1 is 0.950 bits per heavy atom. The van der Waals surface area contributed by atoms with E-state index in [0.29, 0.717) is 5.92 Å². The zero-order chi connectivity index (χ0) is 14.1. The lowest BCUT2D eigenvalue weighted by atomic mass is 9.87. The molecule has 1 nitrogen and oxygen atoms in total. The minimum Gasteiger partial charge on any atom is -0.354 e. The van der Waals surface area contributed by atoms with Gasteiger partial charge in [-0.25, -0.2) is 0 Å². The molecule has 1 atom stereocenters. The molecule has 3 aromatic rings. The van der Waals surface area contributed by atoms with Crippen LogP contribution in [0.4, 0.5) is 0 Å². The fourth-order valence-corrected chi connectivity index (χ4v) is 3.32. The molecule has 1 heteroatoms. The van der Waals surface area contributed by atoms with Gasteiger partial charge in [-0.3, -0.25) is 0 Å². The standard InChI is InChI=1S/C19H23N/c1-4-14(12-13(2)3)15-9-7-10-17-16-8-5-6-11-18(16)20-19(15)17/h5-11,13-14,20H,4,12H2,1-3H3. The predicted octanol–water partition coefficient (Wildman–Crippen LogP) is 5.86. The first-order valence-electron chi connectivity index (χ1n) is 7.70. The topological polar surface area (TPSA) is 15.8 Å². The first-order chi connectivity index (χ1) is 9.70. The molecule has 20 heavy (non-hydrogen) atoms. The highest BCUT2D eigenvalue weighted by molar-refractivity contribution is 6.08. The molecule has 0 aliphatic carbocycles. The SMILES string of the molecule is CCC(CC(C)C)c1cccc2c1[nH]c1ccccc12. The highest BCUT2D eigenvalue weighted by Gasteiger charge is 2.16. The summed E-state index contributed by atoms with van der Waals surface area (Å²) >= 11 is 0. The number of fused-ring (bicyclic) bond motifs is 3. The van der Waals surface area contributed by atoms with Gasteiger partial charge in [0, 0.05) is 21.8 Å². The third-order valence-electron chi connectivity index (χ3n) is 4.26. The molecule has 1 unspecified atom stereocenters. The van der Waals surface area contributed by atoms with Crippen LogP contribution in [0.2, 0.25) is 0 Å². The molecule has 1 aromatic heterocycles. The van der Waals surface area contributed by atoms with Crippen molar-refractivity contribution < 1.29 is 0 Å². The van der Waals surface area contributed by atoms with Crippen LogP contribution in [-0.4, -0.2) is 4.98 Å². The number of hydrogen-bond acceptors (Lipinski definition) is 0. The van der Waals surface area contributed by atoms with Gasteiger partial charge in [-0.1, -0.05) is 57.2 Å². The van der Waals surface area contributed by atoms with E-state index in [2.05, 4.69) is 68.2 Å². The van der Waals surface area contributed by atoms with Crippen molar-refractivity contribution in [3.63, 3.8) is 0 Å². The summed E-state index contributed by atoms with van der Waals surface area (Å²) in [7, 11) is 0. The van der Waals surface area contributed by atoms with E-state index in [9.17, 15) is 0 Å². The highest BCUT2D eigenvalue weighted by Crippen LogP contribution is 2.35. The maximum absolute atomic E-state index is 3.63. The fourth-order valence-electron chi connectivity index (χ4n) is 3.32. The van der Waals surface area contributed by atoms with Crippen LogP contribution < -0.4 is 0 Å². The van der Waals surface area contributed by atoms with Crippen LogP contribution >= 0.6 is 0 Å². The van der Waals surface area contributed by atoms with Crippen LogP contribution in [0.5, 0.6) is 0 Å². The van der Waals surface area contributed by atoms with Crippen molar-refractivity contribution >= 4 is 21.8 Å². The lowest BCUT2D eigenvalue weighted by Gasteiger charge is -2.18. The van der Waals surface area contributed by atoms with Gasteiger partial charge >= 0.3 is 0 Å². The molecule has 2 aromatic carbocycles. The Balaban J connectivity index is 2.20. The smallest absolute Gasteiger partial charge is 0.0500 e. The zero-order valence-corrected chi connectivity index (χ0v) is 12.6. The number of para-hydroxylation sites is 2. The molecular weight excluding hydrogens is 242 g/mol. The highest BCUT2D eigenvalue weighted by atomic mass is 14.7. The largest absolute Gasteiger partial charge is 0.354 e. The van der Waals surface area contributed by atoms with E-state index in [1.54, 1.807) is 0 Å². The van der Waals surface area contributed by atoms with Crippen LogP contribution in [-0.2, 0) is 0 Å². The third-order valence-corrected chi connectivity index (χ3v) is 4.26. The fraction of sp³-hybridized carbons (Fsp3) is 0.368. The number of H-pyrrole nitrogens is 1. The number of aromatic nitrogens is 1. The maximum atomic E-state index is 3.63. The minimum atomic E-state index is 0.645. The van der Waals surface area contributed by atoms with E-state index in [1.807, 2.05) is 0 Å². The second kappa shape index (κ2) is 5.32. The van der Waals surface area contributed by atoms with E-state index >= 15 is 0 Å². The van der Waals surface area contributed by atoms with Crippen molar-refractivity contribution in [2.45, 2.75) is 39.5 Å². The van der Waals surface area contributed by atoms with E-state index < -0.39 is 0 Å². The predicted molar refractivity (Wildman–Crippen MR) is 88.3 cm³/mol. The van der Waals surface area contributed by atoms with E-state index in [0.717, 1.165) is 5.92 Å². The Kier molecular flexibility index (Phi) is 3.52. The molecular formula is C19H23N. The zero-order valence-electron chi connectivity index (χ0n) is 12.6. The number of nitrogens with one attached hydrogen (secondary N) is 1. The van der Waals surface area contributed by atoms with Gasteiger partial charge in [0.2, 0.25) is 0 Å². The van der Waals surface area contributed by atoms with Crippen LogP contribution in [0.3, 0.4) is 0 Å². The molecule has 0 aliphatic rings. The molecule has 3 rings (SSSR count). The summed E-state index contributed by atoms with van der Waals surface area (Å²) in [6.07, 6.45) is 2.46. The average Bonchev–Trinajstić information content (AvgIpc) is 2.83. The Morgan fingerprint density at radius 3 is 2.45 bits per heavy atom. The maximum Gasteiger partial charge on any atom is 0.0500 e. The number of hydrogen-bond donors (Lipinski definition) is 1. The van der Waals surface area contributed by atoms with Crippen molar-refractivity contribution in [3.05, 3.63) is 48.0 Å². The van der Waals surface area contributed by atoms with Gasteiger partial charge < -0.3 is 4.98 Å². The number of aromatic amines is 1. The summed E-state index contributed by atoms with van der Waals surface area (Å²) < 4.78 is 0. The second-order valence-corrected chi connectivity index (χ2v) is 6.18. The average molecular weight is 265 g/mol. The molecule has 0 bridgehead atoms. The Bertz CT molecular complexity index is 721. The molecule has 0 aliphatic heterocycles. The lowest BCUT2D eigenvalue weighted by Crippen LogP contribution is -2.02. The van der Waals surface area contributed by atoms with Crippen molar-refractivity contribution in [2.75, 3.05) is 0 Å². The third kappa shape index (κ3) is 2.22. The molecule has 0 spiro atoms. The summed E-state index contributed by atoms with van der Waals surface area (Å²) in [4.78, 5) is 3.63. The Morgan fingerprint density at radius 2 is 1.70 bits per heavy atom. The van der Waals surface area contributed by atoms with E-state index in [4.69, 9.17) is 0 Å². The number of rotatable bonds is 4. The lowest BCUT2D eigenvalue weighted by molar-refractivity contribution is 0.491. The van der Waals surface area contributed by atoms with Crippen molar-refractivity contribution in [3.8, 4) is 0 Å². The van der Waals surface area contributed by atoms with Gasteiger partial charge in [-0.05, 0) is 36.3 Å². The first-order valence-corrected chi connectivity index (χ1v) is 7.70. The summed E-state index contributed by atoms with van der Waals surface area (Å²) in [5.74, 6) is 1.38. The monoisotopic (exact) mass is 265 g/mol. The molecule has 104 valence electrons. The summed E-state index contributed by atoms with van der Waals surface area (Å²) in [6.45, 7) is 6.93. The van der Waals surface area contributed by atoms with E-state index in [-0.39, 0.29) is 0 Å². The van der Waals surface area contributed by atoms with Gasteiger partial charge in [0.25, 0.3) is 0 Å². The molecule has 1 N–H and O–H groups in total. The van der Waals surface area contributed by atoms with Crippen molar-refractivity contribution in [2.24, 2.45) is 5.92 Å². The normalized spacial score (nSPS) is 13.4. The van der Waals surface area contributed by atoms with Crippen molar-refractivity contribution in [1.82, 2.24) is 4.98 Å². The second-order valence-electron chi connectivity index (χ2n) is 6.18. The molecule has 0 amide bonds. The summed E-state index contributed by atoms with van der Waals surface area (Å²) in [5.41, 5.74) is 4.06. The first kappa shape index (κ1) is 13.2. The van der Waals surface area contributed by atoms with E-state index in [1.165, 1.54) is 40.2 Å². The summed E-state index contributed by atoms with van der Waals surface area (Å²) in [5, 5.41) is 2.70. The molecule has 1 heterocycles.